The van der Waals surface area contributed by atoms with Crippen molar-refractivity contribution >= 4 is 17.7 Å². The summed E-state index contributed by atoms with van der Waals surface area (Å²) >= 11 is 1.68. The van der Waals surface area contributed by atoms with E-state index in [1.807, 2.05) is 0 Å². The van der Waals surface area contributed by atoms with Crippen LogP contribution in [-0.2, 0) is 0 Å². The van der Waals surface area contributed by atoms with Gasteiger partial charge in [-0.1, -0.05) is 19.8 Å². The van der Waals surface area contributed by atoms with Gasteiger partial charge in [0.15, 0.2) is 0 Å². The van der Waals surface area contributed by atoms with Crippen molar-refractivity contribution in [1.82, 2.24) is 4.98 Å². The monoisotopic (exact) mass is 251 g/mol. The van der Waals surface area contributed by atoms with E-state index in [9.17, 15) is 4.79 Å². The highest BCUT2D eigenvalue weighted by Gasteiger charge is 2.21. The molecule has 17 heavy (non-hydrogen) atoms. The number of aromatic carboxylic acids is 1. The first kappa shape index (κ1) is 12.4. The fourth-order valence-electron chi connectivity index (χ4n) is 2.32. The Morgan fingerprint density at radius 3 is 3.06 bits per heavy atom. The molecule has 0 saturated heterocycles. The second kappa shape index (κ2) is 5.54. The van der Waals surface area contributed by atoms with Gasteiger partial charge < -0.3 is 5.11 Å². The van der Waals surface area contributed by atoms with Crippen molar-refractivity contribution in [3.63, 3.8) is 0 Å². The third-order valence-electron chi connectivity index (χ3n) is 3.20. The molecule has 1 N–H and O–H groups in total. The van der Waals surface area contributed by atoms with Crippen molar-refractivity contribution in [2.45, 2.75) is 42.8 Å². The summed E-state index contributed by atoms with van der Waals surface area (Å²) in [6.45, 7) is 2.27. The van der Waals surface area contributed by atoms with E-state index in [1.54, 1.807) is 24.0 Å². The number of carboxylic acid groups (broad SMARTS) is 1. The zero-order chi connectivity index (χ0) is 12.3. The second-order valence-corrected chi connectivity index (χ2v) is 6.03. The van der Waals surface area contributed by atoms with E-state index < -0.39 is 5.97 Å². The maximum absolute atomic E-state index is 11.1. The molecule has 0 aliphatic heterocycles. The molecule has 1 heterocycles. The van der Waals surface area contributed by atoms with Crippen LogP contribution in [0, 0.1) is 5.92 Å². The molecule has 0 amide bonds. The molecule has 1 aromatic rings. The first-order chi connectivity index (χ1) is 8.16. The van der Waals surface area contributed by atoms with E-state index in [-0.39, 0.29) is 0 Å². The maximum atomic E-state index is 11.1. The van der Waals surface area contributed by atoms with Crippen LogP contribution in [0.1, 0.15) is 43.0 Å². The molecule has 1 aromatic heterocycles. The molecule has 2 unspecified atom stereocenters. The number of hydrogen-bond acceptors (Lipinski definition) is 3. The van der Waals surface area contributed by atoms with Crippen molar-refractivity contribution in [2.24, 2.45) is 5.92 Å². The van der Waals surface area contributed by atoms with Gasteiger partial charge in [0.1, 0.15) is 0 Å². The smallest absolute Gasteiger partial charge is 0.336 e. The van der Waals surface area contributed by atoms with Crippen LogP contribution in [0.15, 0.2) is 23.4 Å². The van der Waals surface area contributed by atoms with Gasteiger partial charge in [0.2, 0.25) is 0 Å². The van der Waals surface area contributed by atoms with E-state index in [2.05, 4.69) is 11.9 Å². The van der Waals surface area contributed by atoms with Gasteiger partial charge in [0.05, 0.1) is 5.56 Å². The lowest BCUT2D eigenvalue weighted by molar-refractivity contribution is 0.0693. The summed E-state index contributed by atoms with van der Waals surface area (Å²) < 4.78 is 0. The Labute approximate surface area is 106 Å². The maximum Gasteiger partial charge on any atom is 0.336 e. The minimum absolute atomic E-state index is 0.378. The molecule has 1 aliphatic carbocycles. The van der Waals surface area contributed by atoms with Gasteiger partial charge in [-0.05, 0) is 24.8 Å². The first-order valence-corrected chi connectivity index (χ1v) is 6.88. The molecule has 2 atom stereocenters. The number of carboxylic acids is 1. The van der Waals surface area contributed by atoms with Crippen LogP contribution >= 0.6 is 11.8 Å². The topological polar surface area (TPSA) is 50.2 Å². The van der Waals surface area contributed by atoms with E-state index in [4.69, 9.17) is 5.11 Å². The molecule has 92 valence electrons. The molecule has 4 heteroatoms. The van der Waals surface area contributed by atoms with Gasteiger partial charge in [-0.15, -0.1) is 11.8 Å². The molecule has 1 aliphatic rings. The summed E-state index contributed by atoms with van der Waals surface area (Å²) in [5, 5.41) is 9.65. The molecular weight excluding hydrogens is 234 g/mol. The molecular formula is C13H17NO2S. The quantitative estimate of drug-likeness (QED) is 0.894. The van der Waals surface area contributed by atoms with Crippen LogP contribution in [0.2, 0.25) is 0 Å². The molecule has 1 fully saturated rings. The zero-order valence-electron chi connectivity index (χ0n) is 9.93. The third kappa shape index (κ3) is 3.22. The highest BCUT2D eigenvalue weighted by molar-refractivity contribution is 8.00. The first-order valence-electron chi connectivity index (χ1n) is 6.00. The lowest BCUT2D eigenvalue weighted by Crippen LogP contribution is -2.15. The second-order valence-electron chi connectivity index (χ2n) is 4.69. The van der Waals surface area contributed by atoms with Crippen molar-refractivity contribution in [3.05, 3.63) is 24.0 Å². The van der Waals surface area contributed by atoms with E-state index in [0.29, 0.717) is 10.8 Å². The number of thioether (sulfide) groups is 1. The van der Waals surface area contributed by atoms with Gasteiger partial charge in [-0.25, -0.2) is 4.79 Å². The summed E-state index contributed by atoms with van der Waals surface area (Å²) in [7, 11) is 0. The summed E-state index contributed by atoms with van der Waals surface area (Å²) in [5.74, 6) is -0.107. The molecule has 0 spiro atoms. The van der Waals surface area contributed by atoms with Gasteiger partial charge in [-0.2, -0.15) is 0 Å². The fraction of sp³-hybridized carbons (Fsp3) is 0.538. The van der Waals surface area contributed by atoms with Gasteiger partial charge >= 0.3 is 5.97 Å². The normalized spacial score (nSPS) is 24.5. The molecule has 0 aromatic carbocycles. The number of rotatable bonds is 3. The number of nitrogens with zero attached hydrogens (tertiary/aromatic N) is 1. The van der Waals surface area contributed by atoms with Crippen molar-refractivity contribution < 1.29 is 9.90 Å². The average Bonchev–Trinajstić information content (AvgIpc) is 2.29. The lowest BCUT2D eigenvalue weighted by atomic mass is 9.91. The predicted octanol–water partition coefficient (Wildman–Crippen LogP) is 3.45. The summed E-state index contributed by atoms with van der Waals surface area (Å²) in [4.78, 5) is 15.9. The van der Waals surface area contributed by atoms with E-state index in [0.717, 1.165) is 10.8 Å². The SMILES string of the molecule is CC1CCCC(Sc2cnccc2C(=O)O)C1. The zero-order valence-corrected chi connectivity index (χ0v) is 10.7. The molecule has 3 nitrogen and oxygen atoms in total. The van der Waals surface area contributed by atoms with E-state index in [1.165, 1.54) is 31.9 Å². The van der Waals surface area contributed by atoms with Crippen LogP contribution < -0.4 is 0 Å². The Hall–Kier alpha value is -1.03. The Morgan fingerprint density at radius 2 is 2.35 bits per heavy atom. The van der Waals surface area contributed by atoms with E-state index >= 15 is 0 Å². The number of carbonyl (C=O) groups is 1. The predicted molar refractivity (Wildman–Crippen MR) is 68.5 cm³/mol. The van der Waals surface area contributed by atoms with Gasteiger partial charge in [0, 0.05) is 22.5 Å². The Bertz CT molecular complexity index is 408. The van der Waals surface area contributed by atoms with Gasteiger partial charge in [-0.3, -0.25) is 4.98 Å². The van der Waals surface area contributed by atoms with Crippen molar-refractivity contribution in [2.75, 3.05) is 0 Å². The lowest BCUT2D eigenvalue weighted by Gasteiger charge is -2.26. The Morgan fingerprint density at radius 1 is 1.53 bits per heavy atom. The third-order valence-corrected chi connectivity index (χ3v) is 4.54. The minimum atomic E-state index is -0.862. The van der Waals surface area contributed by atoms with Crippen LogP contribution in [0.3, 0.4) is 0 Å². The van der Waals surface area contributed by atoms with Crippen LogP contribution in [0.5, 0.6) is 0 Å². The molecule has 2 rings (SSSR count). The average molecular weight is 251 g/mol. The minimum Gasteiger partial charge on any atom is -0.478 e. The Kier molecular flexibility index (Phi) is 4.05. The molecule has 1 saturated carbocycles. The number of pyridine rings is 1. The Balaban J connectivity index is 2.10. The summed E-state index contributed by atoms with van der Waals surface area (Å²) in [5.41, 5.74) is 0.378. The van der Waals surface area contributed by atoms with Crippen molar-refractivity contribution in [3.8, 4) is 0 Å². The standard InChI is InChI=1S/C13H17NO2S/c1-9-3-2-4-10(7-9)17-12-8-14-6-5-11(12)13(15)16/h5-6,8-10H,2-4,7H2,1H3,(H,15,16). The molecule has 0 bridgehead atoms. The number of aromatic nitrogens is 1. The fourth-order valence-corrected chi connectivity index (χ4v) is 3.79. The highest BCUT2D eigenvalue weighted by Crippen LogP contribution is 2.36. The van der Waals surface area contributed by atoms with Crippen LogP contribution in [-0.4, -0.2) is 21.3 Å². The van der Waals surface area contributed by atoms with Crippen LogP contribution in [0.25, 0.3) is 0 Å². The largest absolute Gasteiger partial charge is 0.478 e. The van der Waals surface area contributed by atoms with Crippen LogP contribution in [0.4, 0.5) is 0 Å². The number of hydrogen-bond donors (Lipinski definition) is 1. The van der Waals surface area contributed by atoms with Gasteiger partial charge in [0.25, 0.3) is 0 Å². The highest BCUT2D eigenvalue weighted by atomic mass is 32.2. The molecule has 0 radical (unpaired) electrons. The van der Waals surface area contributed by atoms with Crippen molar-refractivity contribution in [1.29, 1.82) is 0 Å². The summed E-state index contributed by atoms with van der Waals surface area (Å²) in [6, 6.07) is 1.58. The summed E-state index contributed by atoms with van der Waals surface area (Å²) in [6.07, 6.45) is 8.13.